The van der Waals surface area contributed by atoms with Crippen LogP contribution in [0, 0.1) is 0 Å². The minimum Gasteiger partial charge on any atom is -0.346 e. The average molecular weight is 503 g/mol. The number of benzene rings is 4. The highest BCUT2D eigenvalue weighted by Gasteiger charge is 1.99. The minimum atomic E-state index is 0.887. The lowest BCUT2D eigenvalue weighted by Crippen LogP contribution is -1.93. The molecule has 0 radical (unpaired) electrons. The van der Waals surface area contributed by atoms with Crippen LogP contribution in [0.5, 0.6) is 0 Å². The molecule has 0 amide bonds. The van der Waals surface area contributed by atoms with Crippen molar-refractivity contribution in [2.75, 3.05) is 5.32 Å². The van der Waals surface area contributed by atoms with Crippen molar-refractivity contribution in [3.63, 3.8) is 0 Å². The van der Waals surface area contributed by atoms with Gasteiger partial charge in [-0.15, -0.1) is 0 Å². The Hall–Kier alpha value is -5.35. The quantitative estimate of drug-likeness (QED) is 0.175. The Morgan fingerprint density at radius 1 is 0.513 bits per heavy atom. The number of aliphatic imine (C=N–C) groups is 1. The summed E-state index contributed by atoms with van der Waals surface area (Å²) in [4.78, 5) is 13.4. The maximum atomic E-state index is 4.54. The van der Waals surface area contributed by atoms with Crippen molar-refractivity contribution >= 4 is 63.8 Å². The van der Waals surface area contributed by atoms with E-state index >= 15 is 0 Å². The van der Waals surface area contributed by atoms with Gasteiger partial charge in [-0.1, -0.05) is 85.0 Å². The van der Waals surface area contributed by atoms with Crippen LogP contribution < -0.4 is 5.32 Å². The molecule has 39 heavy (non-hydrogen) atoms. The molecule has 2 heterocycles. The third-order valence-electron chi connectivity index (χ3n) is 6.52. The molecule has 0 unspecified atom stereocenters. The second-order valence-electron chi connectivity index (χ2n) is 9.12. The fourth-order valence-electron chi connectivity index (χ4n) is 4.44. The molecule has 0 aliphatic rings. The third-order valence-corrected chi connectivity index (χ3v) is 6.52. The Kier molecular flexibility index (Phi) is 7.00. The van der Waals surface area contributed by atoms with Crippen molar-refractivity contribution in [2.45, 2.75) is 0 Å². The second-order valence-corrected chi connectivity index (χ2v) is 9.12. The largest absolute Gasteiger partial charge is 0.346 e. The molecule has 0 saturated heterocycles. The molecule has 4 nitrogen and oxygen atoms in total. The summed E-state index contributed by atoms with van der Waals surface area (Å²) in [5.74, 6) is 0. The van der Waals surface area contributed by atoms with Gasteiger partial charge in [0.2, 0.25) is 0 Å². The highest BCUT2D eigenvalue weighted by molar-refractivity contribution is 5.91. The van der Waals surface area contributed by atoms with E-state index in [1.807, 2.05) is 85.2 Å². The number of pyridine rings is 2. The number of fused-ring (bicyclic) bond motifs is 2. The number of nitrogens with one attached hydrogen (secondary N) is 1. The Morgan fingerprint density at radius 3 is 1.59 bits per heavy atom. The van der Waals surface area contributed by atoms with Crippen LogP contribution in [-0.4, -0.2) is 16.3 Å². The molecule has 0 atom stereocenters. The SMILES string of the molecule is C(=Nc1ccc(/C=C\c2ccnc3ccccc23)cc1)Nc1ccc(/C=C\c2ccnc3ccccc23)cc1. The summed E-state index contributed by atoms with van der Waals surface area (Å²) in [6.45, 7) is 0. The van der Waals surface area contributed by atoms with Gasteiger partial charge in [0.05, 0.1) is 23.1 Å². The summed E-state index contributed by atoms with van der Waals surface area (Å²) in [5, 5.41) is 5.55. The molecule has 2 aromatic heterocycles. The summed E-state index contributed by atoms with van der Waals surface area (Å²) in [6.07, 6.45) is 13.9. The highest BCUT2D eigenvalue weighted by Crippen LogP contribution is 2.21. The summed E-state index contributed by atoms with van der Waals surface area (Å²) in [7, 11) is 0. The second kappa shape index (κ2) is 11.4. The number of para-hydroxylation sites is 2. The molecule has 186 valence electrons. The van der Waals surface area contributed by atoms with E-state index in [2.05, 4.69) is 81.0 Å². The molecule has 0 spiro atoms. The van der Waals surface area contributed by atoms with E-state index in [1.54, 1.807) is 6.34 Å². The van der Waals surface area contributed by atoms with Gasteiger partial charge in [0, 0.05) is 28.9 Å². The number of hydrogen-bond donors (Lipinski definition) is 1. The topological polar surface area (TPSA) is 50.2 Å². The number of nitrogens with zero attached hydrogens (tertiary/aromatic N) is 3. The highest BCUT2D eigenvalue weighted by atomic mass is 14.9. The van der Waals surface area contributed by atoms with Crippen LogP contribution in [-0.2, 0) is 0 Å². The number of anilines is 1. The van der Waals surface area contributed by atoms with Crippen LogP contribution in [0.15, 0.2) is 127 Å². The van der Waals surface area contributed by atoms with Gasteiger partial charge in [-0.25, -0.2) is 4.99 Å². The first kappa shape index (κ1) is 24.0. The van der Waals surface area contributed by atoms with Crippen LogP contribution in [0.4, 0.5) is 11.4 Å². The molecular formula is C35H26N4. The molecular weight excluding hydrogens is 476 g/mol. The van der Waals surface area contributed by atoms with E-state index in [4.69, 9.17) is 0 Å². The lowest BCUT2D eigenvalue weighted by atomic mass is 10.1. The molecule has 4 heteroatoms. The Bertz CT molecular complexity index is 1800. The number of hydrogen-bond acceptors (Lipinski definition) is 3. The lowest BCUT2D eigenvalue weighted by Gasteiger charge is -2.03. The van der Waals surface area contributed by atoms with E-state index in [0.717, 1.165) is 55.4 Å². The maximum absolute atomic E-state index is 4.54. The van der Waals surface area contributed by atoms with Crippen molar-refractivity contribution in [1.82, 2.24) is 9.97 Å². The van der Waals surface area contributed by atoms with Gasteiger partial charge in [-0.05, 0) is 70.8 Å². The van der Waals surface area contributed by atoms with Crippen LogP contribution in [0.3, 0.4) is 0 Å². The van der Waals surface area contributed by atoms with E-state index in [9.17, 15) is 0 Å². The first-order valence-electron chi connectivity index (χ1n) is 12.8. The Labute approximate surface area is 227 Å². The standard InChI is InChI=1S/C35H26N4/c1-3-7-34-32(5-1)28(21-23-36-34)15-9-26-11-17-30(18-12-26)38-25-39-31-19-13-27(14-20-31)10-16-29-22-24-37-35-8-4-2-6-33(29)35/h1-25H,(H,38,39)/b15-9-,16-10-. The lowest BCUT2D eigenvalue weighted by molar-refractivity contribution is 1.41. The van der Waals surface area contributed by atoms with Crippen LogP contribution in [0.25, 0.3) is 46.1 Å². The molecule has 0 aliphatic heterocycles. The van der Waals surface area contributed by atoms with Crippen molar-refractivity contribution in [3.8, 4) is 0 Å². The molecule has 6 aromatic rings. The predicted molar refractivity (Wildman–Crippen MR) is 166 cm³/mol. The average Bonchev–Trinajstić information content (AvgIpc) is 3.00. The van der Waals surface area contributed by atoms with Crippen molar-refractivity contribution in [3.05, 3.63) is 144 Å². The molecule has 0 fully saturated rings. The van der Waals surface area contributed by atoms with Crippen molar-refractivity contribution in [2.24, 2.45) is 4.99 Å². The summed E-state index contributed by atoms with van der Waals surface area (Å²) < 4.78 is 0. The van der Waals surface area contributed by atoms with Gasteiger partial charge >= 0.3 is 0 Å². The maximum Gasteiger partial charge on any atom is 0.0930 e. The monoisotopic (exact) mass is 502 g/mol. The van der Waals surface area contributed by atoms with Gasteiger partial charge in [0.25, 0.3) is 0 Å². The zero-order valence-corrected chi connectivity index (χ0v) is 21.3. The van der Waals surface area contributed by atoms with E-state index in [-0.39, 0.29) is 0 Å². The molecule has 1 N–H and O–H groups in total. The van der Waals surface area contributed by atoms with Gasteiger partial charge in [-0.3, -0.25) is 9.97 Å². The zero-order chi connectivity index (χ0) is 26.3. The van der Waals surface area contributed by atoms with Gasteiger partial charge in [-0.2, -0.15) is 0 Å². The van der Waals surface area contributed by atoms with Crippen LogP contribution >= 0.6 is 0 Å². The van der Waals surface area contributed by atoms with Crippen molar-refractivity contribution in [1.29, 1.82) is 0 Å². The van der Waals surface area contributed by atoms with Crippen molar-refractivity contribution < 1.29 is 0 Å². The first-order valence-corrected chi connectivity index (χ1v) is 12.8. The van der Waals surface area contributed by atoms with Crippen LogP contribution in [0.1, 0.15) is 22.3 Å². The molecule has 0 saturated carbocycles. The molecule has 0 bridgehead atoms. The fourth-order valence-corrected chi connectivity index (χ4v) is 4.44. The molecule has 0 aliphatic carbocycles. The smallest absolute Gasteiger partial charge is 0.0930 e. The number of aromatic nitrogens is 2. The minimum absolute atomic E-state index is 0.887. The molecule has 4 aromatic carbocycles. The summed E-state index contributed by atoms with van der Waals surface area (Å²) in [5.41, 5.74) is 8.42. The third kappa shape index (κ3) is 5.81. The zero-order valence-electron chi connectivity index (χ0n) is 21.3. The Morgan fingerprint density at radius 2 is 1.03 bits per heavy atom. The summed E-state index contributed by atoms with van der Waals surface area (Å²) >= 11 is 0. The van der Waals surface area contributed by atoms with E-state index < -0.39 is 0 Å². The van der Waals surface area contributed by atoms with E-state index in [1.165, 1.54) is 0 Å². The molecule has 6 rings (SSSR count). The fraction of sp³-hybridized carbons (Fsp3) is 0. The van der Waals surface area contributed by atoms with Crippen LogP contribution in [0.2, 0.25) is 0 Å². The predicted octanol–water partition coefficient (Wildman–Crippen LogP) is 8.90. The normalized spacial score (nSPS) is 11.8. The first-order chi connectivity index (χ1) is 19.3. The van der Waals surface area contributed by atoms with Gasteiger partial charge in [0.1, 0.15) is 0 Å². The van der Waals surface area contributed by atoms with Gasteiger partial charge in [0.15, 0.2) is 0 Å². The number of rotatable bonds is 7. The van der Waals surface area contributed by atoms with E-state index in [0.29, 0.717) is 0 Å². The van der Waals surface area contributed by atoms with Gasteiger partial charge < -0.3 is 5.32 Å². The Balaban J connectivity index is 1.06. The summed E-state index contributed by atoms with van der Waals surface area (Å²) in [6, 6.07) is 36.9.